The standard InChI is InChI=1S/C25H27N5O2/c1-18(31)26-13-14-27-24(32)22-17-28-25(30-15-5-6-16-30)29-23(22)21-11-9-20(10-12-21)19-7-3-2-4-8-19/h2-4,7-12,17H,5-6,13-16H2,1H3,(H,26,31)(H,27,32). The van der Waals surface area contributed by atoms with Gasteiger partial charge in [-0.2, -0.15) is 0 Å². The van der Waals surface area contributed by atoms with E-state index in [-0.39, 0.29) is 11.8 Å². The summed E-state index contributed by atoms with van der Waals surface area (Å²) in [6, 6.07) is 18.2. The van der Waals surface area contributed by atoms with Crippen molar-refractivity contribution in [2.75, 3.05) is 31.1 Å². The number of aromatic nitrogens is 2. The molecule has 2 heterocycles. The van der Waals surface area contributed by atoms with Crippen LogP contribution in [0.2, 0.25) is 0 Å². The summed E-state index contributed by atoms with van der Waals surface area (Å²) in [7, 11) is 0. The first-order chi connectivity index (χ1) is 15.6. The van der Waals surface area contributed by atoms with Crippen LogP contribution < -0.4 is 15.5 Å². The zero-order valence-corrected chi connectivity index (χ0v) is 18.2. The Morgan fingerprint density at radius 1 is 0.875 bits per heavy atom. The van der Waals surface area contributed by atoms with Gasteiger partial charge >= 0.3 is 0 Å². The maximum Gasteiger partial charge on any atom is 0.255 e. The molecule has 0 unspecified atom stereocenters. The fourth-order valence-corrected chi connectivity index (χ4v) is 3.79. The highest BCUT2D eigenvalue weighted by molar-refractivity contribution is 6.00. The Hall–Kier alpha value is -3.74. The van der Waals surface area contributed by atoms with Gasteiger partial charge in [0.2, 0.25) is 11.9 Å². The molecule has 0 saturated carbocycles. The minimum atomic E-state index is -0.259. The second kappa shape index (κ2) is 10.0. The van der Waals surface area contributed by atoms with Crippen molar-refractivity contribution < 1.29 is 9.59 Å². The van der Waals surface area contributed by atoms with Gasteiger partial charge in [0, 0.05) is 44.9 Å². The average Bonchev–Trinajstić information content (AvgIpc) is 3.37. The number of hydrogen-bond acceptors (Lipinski definition) is 5. The van der Waals surface area contributed by atoms with E-state index in [0.29, 0.717) is 30.3 Å². The molecule has 1 aliphatic heterocycles. The fraction of sp³-hybridized carbons (Fsp3) is 0.280. The third-order valence-electron chi connectivity index (χ3n) is 5.46. The van der Waals surface area contributed by atoms with E-state index in [9.17, 15) is 9.59 Å². The van der Waals surface area contributed by atoms with E-state index in [1.807, 2.05) is 42.5 Å². The fourth-order valence-electron chi connectivity index (χ4n) is 3.79. The van der Waals surface area contributed by atoms with Crippen molar-refractivity contribution >= 4 is 17.8 Å². The second-order valence-electron chi connectivity index (χ2n) is 7.81. The highest BCUT2D eigenvalue weighted by atomic mass is 16.2. The summed E-state index contributed by atoms with van der Waals surface area (Å²) in [4.78, 5) is 35.3. The normalized spacial score (nSPS) is 13.1. The molecule has 1 aromatic heterocycles. The van der Waals surface area contributed by atoms with Crippen LogP contribution in [0.3, 0.4) is 0 Å². The van der Waals surface area contributed by atoms with Gasteiger partial charge in [-0.1, -0.05) is 54.6 Å². The van der Waals surface area contributed by atoms with E-state index in [0.717, 1.165) is 42.6 Å². The Morgan fingerprint density at radius 3 is 2.19 bits per heavy atom. The summed E-state index contributed by atoms with van der Waals surface area (Å²) >= 11 is 0. The molecule has 0 spiro atoms. The van der Waals surface area contributed by atoms with Crippen LogP contribution in [0.25, 0.3) is 22.4 Å². The lowest BCUT2D eigenvalue weighted by atomic mass is 10.0. The maximum atomic E-state index is 12.9. The van der Waals surface area contributed by atoms with Crippen LogP contribution >= 0.6 is 0 Å². The van der Waals surface area contributed by atoms with Crippen molar-refractivity contribution in [1.82, 2.24) is 20.6 Å². The number of amides is 2. The number of anilines is 1. The van der Waals surface area contributed by atoms with E-state index in [4.69, 9.17) is 4.98 Å². The van der Waals surface area contributed by atoms with E-state index >= 15 is 0 Å². The molecule has 0 bridgehead atoms. The van der Waals surface area contributed by atoms with Crippen LogP contribution in [0.5, 0.6) is 0 Å². The Labute approximate surface area is 187 Å². The van der Waals surface area contributed by atoms with Crippen molar-refractivity contribution in [3.05, 3.63) is 66.4 Å². The topological polar surface area (TPSA) is 87.2 Å². The number of hydrogen-bond donors (Lipinski definition) is 2. The summed E-state index contributed by atoms with van der Waals surface area (Å²) in [6.07, 6.45) is 3.85. The largest absolute Gasteiger partial charge is 0.355 e. The molecule has 0 radical (unpaired) electrons. The molecule has 7 heteroatoms. The molecule has 0 atom stereocenters. The lowest BCUT2D eigenvalue weighted by Gasteiger charge is -2.17. The summed E-state index contributed by atoms with van der Waals surface area (Å²) in [5.41, 5.74) is 4.13. The van der Waals surface area contributed by atoms with Crippen molar-refractivity contribution in [3.8, 4) is 22.4 Å². The number of nitrogens with zero attached hydrogens (tertiary/aromatic N) is 3. The Morgan fingerprint density at radius 2 is 1.50 bits per heavy atom. The van der Waals surface area contributed by atoms with Crippen LogP contribution in [-0.2, 0) is 4.79 Å². The summed E-state index contributed by atoms with van der Waals surface area (Å²) in [6.45, 7) is 4.00. The number of rotatable bonds is 7. The highest BCUT2D eigenvalue weighted by Crippen LogP contribution is 2.28. The third-order valence-corrected chi connectivity index (χ3v) is 5.46. The van der Waals surface area contributed by atoms with Crippen LogP contribution in [0, 0.1) is 0 Å². The number of benzene rings is 2. The zero-order valence-electron chi connectivity index (χ0n) is 18.2. The first-order valence-corrected chi connectivity index (χ1v) is 10.9. The second-order valence-corrected chi connectivity index (χ2v) is 7.81. The van der Waals surface area contributed by atoms with Crippen LogP contribution in [0.15, 0.2) is 60.8 Å². The summed E-state index contributed by atoms with van der Waals surface area (Å²) in [5.74, 6) is 0.265. The van der Waals surface area contributed by atoms with E-state index in [1.165, 1.54) is 6.92 Å². The molecule has 1 fully saturated rings. The lowest BCUT2D eigenvalue weighted by Crippen LogP contribution is -2.34. The van der Waals surface area contributed by atoms with E-state index in [1.54, 1.807) is 6.20 Å². The molecule has 32 heavy (non-hydrogen) atoms. The minimum Gasteiger partial charge on any atom is -0.355 e. The first kappa shape index (κ1) is 21.5. The minimum absolute atomic E-state index is 0.128. The van der Waals surface area contributed by atoms with Gasteiger partial charge in [0.15, 0.2) is 0 Å². The molecular formula is C25H27N5O2. The molecule has 164 valence electrons. The van der Waals surface area contributed by atoms with Crippen molar-refractivity contribution in [2.45, 2.75) is 19.8 Å². The zero-order chi connectivity index (χ0) is 22.3. The monoisotopic (exact) mass is 429 g/mol. The first-order valence-electron chi connectivity index (χ1n) is 10.9. The molecule has 2 N–H and O–H groups in total. The molecule has 1 saturated heterocycles. The molecule has 1 aliphatic rings. The Kier molecular flexibility index (Phi) is 6.75. The van der Waals surface area contributed by atoms with Gasteiger partial charge in [-0.3, -0.25) is 9.59 Å². The van der Waals surface area contributed by atoms with Gasteiger partial charge in [0.05, 0.1) is 11.3 Å². The third kappa shape index (κ3) is 5.11. The average molecular weight is 430 g/mol. The molecular weight excluding hydrogens is 402 g/mol. The van der Waals surface area contributed by atoms with Crippen molar-refractivity contribution in [3.63, 3.8) is 0 Å². The van der Waals surface area contributed by atoms with Gasteiger partial charge in [0.1, 0.15) is 0 Å². The quantitative estimate of drug-likeness (QED) is 0.563. The smallest absolute Gasteiger partial charge is 0.255 e. The number of nitrogens with one attached hydrogen (secondary N) is 2. The molecule has 0 aliphatic carbocycles. The van der Waals surface area contributed by atoms with Gasteiger partial charge in [-0.15, -0.1) is 0 Å². The predicted octanol–water partition coefficient (Wildman–Crippen LogP) is 3.28. The Balaban J connectivity index is 1.62. The van der Waals surface area contributed by atoms with Crippen LogP contribution in [0.1, 0.15) is 30.1 Å². The number of carbonyl (C=O) groups excluding carboxylic acids is 2. The van der Waals surface area contributed by atoms with Gasteiger partial charge in [-0.05, 0) is 24.0 Å². The van der Waals surface area contributed by atoms with Gasteiger partial charge in [-0.25, -0.2) is 9.97 Å². The molecule has 4 rings (SSSR count). The SMILES string of the molecule is CC(=O)NCCNC(=O)c1cnc(N2CCCC2)nc1-c1ccc(-c2ccccc2)cc1. The van der Waals surface area contributed by atoms with Crippen molar-refractivity contribution in [1.29, 1.82) is 0 Å². The molecule has 2 aromatic carbocycles. The van der Waals surface area contributed by atoms with Crippen LogP contribution in [0.4, 0.5) is 5.95 Å². The molecule has 2 amide bonds. The van der Waals surface area contributed by atoms with Gasteiger partial charge < -0.3 is 15.5 Å². The summed E-state index contributed by atoms with van der Waals surface area (Å²) < 4.78 is 0. The van der Waals surface area contributed by atoms with Crippen molar-refractivity contribution in [2.24, 2.45) is 0 Å². The van der Waals surface area contributed by atoms with Crippen LogP contribution in [-0.4, -0.2) is 48.0 Å². The summed E-state index contributed by atoms with van der Waals surface area (Å²) in [5, 5.41) is 5.52. The lowest BCUT2D eigenvalue weighted by molar-refractivity contribution is -0.118. The van der Waals surface area contributed by atoms with E-state index in [2.05, 4.69) is 32.7 Å². The highest BCUT2D eigenvalue weighted by Gasteiger charge is 2.20. The molecule has 7 nitrogen and oxygen atoms in total. The Bertz CT molecular complexity index is 1080. The number of carbonyl (C=O) groups is 2. The van der Waals surface area contributed by atoms with E-state index < -0.39 is 0 Å². The molecule has 3 aromatic rings. The predicted molar refractivity (Wildman–Crippen MR) is 125 cm³/mol. The maximum absolute atomic E-state index is 12.9. The van der Waals surface area contributed by atoms with Gasteiger partial charge in [0.25, 0.3) is 5.91 Å².